The minimum Gasteiger partial charge on any atom is -0.462 e. The maximum Gasteiger partial charge on any atom is 0.306 e. The molecule has 0 aromatic heterocycles. The normalized spacial score (nSPS) is 11.8. The van der Waals surface area contributed by atoms with Gasteiger partial charge in [-0.05, 0) is 96.3 Å². The molecule has 0 amide bonds. The van der Waals surface area contributed by atoms with Gasteiger partial charge in [-0.15, -0.1) is 0 Å². The summed E-state index contributed by atoms with van der Waals surface area (Å²) in [5.41, 5.74) is 0. The van der Waals surface area contributed by atoms with Gasteiger partial charge in [0, 0.05) is 19.3 Å². The van der Waals surface area contributed by atoms with Crippen molar-refractivity contribution in [2.75, 3.05) is 13.2 Å². The average molecular weight is 970 g/mol. The van der Waals surface area contributed by atoms with Gasteiger partial charge in [-0.25, -0.2) is 0 Å². The van der Waals surface area contributed by atoms with Gasteiger partial charge in [0.05, 0.1) is 0 Å². The Labute approximate surface area is 429 Å². The summed E-state index contributed by atoms with van der Waals surface area (Å²) in [7, 11) is 0. The molecule has 0 fully saturated rings. The second-order valence-corrected chi connectivity index (χ2v) is 20.6. The van der Waals surface area contributed by atoms with E-state index in [4.69, 9.17) is 14.2 Å². The molecule has 0 radical (unpaired) electrons. The lowest BCUT2D eigenvalue weighted by Gasteiger charge is -2.18. The standard InChI is InChI=1S/C63H116O6/c1-4-7-10-13-16-19-22-25-28-31-34-37-40-43-46-49-52-55-61(64)67-58-60(69-63(66)57-54-51-48-45-42-39-36-33-30-27-24-21-18-15-12-9-6-3)59-68-62(65)56-53-50-47-44-41-38-35-32-29-26-23-20-17-14-11-8-5-2/h25-30,60H,4-24,31-59H2,1-3H3/b28-25-,29-26-,30-27-. The van der Waals surface area contributed by atoms with Crippen LogP contribution in [0.5, 0.6) is 0 Å². The fraction of sp³-hybridized carbons (Fsp3) is 0.857. The lowest BCUT2D eigenvalue weighted by atomic mass is 10.1. The van der Waals surface area contributed by atoms with Crippen molar-refractivity contribution >= 4 is 17.9 Å². The van der Waals surface area contributed by atoms with Gasteiger partial charge < -0.3 is 14.2 Å². The van der Waals surface area contributed by atoms with Gasteiger partial charge in [0.2, 0.25) is 0 Å². The molecular formula is C63H116O6. The predicted molar refractivity (Wildman–Crippen MR) is 298 cm³/mol. The second kappa shape index (κ2) is 58.2. The van der Waals surface area contributed by atoms with Crippen LogP contribution in [-0.4, -0.2) is 37.2 Å². The predicted octanol–water partition coefficient (Wildman–Crippen LogP) is 20.4. The number of esters is 3. The third-order valence-corrected chi connectivity index (χ3v) is 13.6. The first-order valence-electron chi connectivity index (χ1n) is 30.5. The SMILES string of the molecule is CCCCCCCC/C=C\CCCCCCCCCC(=O)OCC(COC(=O)CCCCCCCCC/C=C\CCCCCCCC)OC(=O)CCCCCCCCC/C=C\CCCCCCCC. The maximum atomic E-state index is 12.9. The number of carbonyl (C=O) groups excluding carboxylic acids is 3. The molecule has 404 valence electrons. The van der Waals surface area contributed by atoms with E-state index in [-0.39, 0.29) is 31.1 Å². The Morgan fingerprint density at radius 3 is 0.725 bits per heavy atom. The van der Waals surface area contributed by atoms with E-state index in [2.05, 4.69) is 57.2 Å². The van der Waals surface area contributed by atoms with E-state index in [0.717, 1.165) is 57.8 Å². The van der Waals surface area contributed by atoms with E-state index in [0.29, 0.717) is 19.3 Å². The monoisotopic (exact) mass is 969 g/mol. The molecule has 0 aliphatic rings. The number of carbonyl (C=O) groups is 3. The van der Waals surface area contributed by atoms with Crippen LogP contribution in [-0.2, 0) is 28.6 Å². The summed E-state index contributed by atoms with van der Waals surface area (Å²) >= 11 is 0. The fourth-order valence-electron chi connectivity index (χ4n) is 8.96. The number of hydrogen-bond acceptors (Lipinski definition) is 6. The van der Waals surface area contributed by atoms with Crippen molar-refractivity contribution in [2.45, 2.75) is 335 Å². The van der Waals surface area contributed by atoms with Crippen molar-refractivity contribution < 1.29 is 28.6 Å². The van der Waals surface area contributed by atoms with E-state index >= 15 is 0 Å². The van der Waals surface area contributed by atoms with Crippen LogP contribution in [0.25, 0.3) is 0 Å². The van der Waals surface area contributed by atoms with Crippen molar-refractivity contribution in [1.82, 2.24) is 0 Å². The topological polar surface area (TPSA) is 78.9 Å². The van der Waals surface area contributed by atoms with Crippen molar-refractivity contribution in [3.63, 3.8) is 0 Å². The summed E-state index contributed by atoms with van der Waals surface area (Å²) in [5.74, 6) is -0.869. The lowest BCUT2D eigenvalue weighted by molar-refractivity contribution is -0.167. The number of ether oxygens (including phenoxy) is 3. The molecule has 6 heteroatoms. The van der Waals surface area contributed by atoms with Crippen LogP contribution in [0.4, 0.5) is 0 Å². The van der Waals surface area contributed by atoms with E-state index in [1.54, 1.807) is 0 Å². The lowest BCUT2D eigenvalue weighted by Crippen LogP contribution is -2.30. The molecular weight excluding hydrogens is 853 g/mol. The van der Waals surface area contributed by atoms with Crippen LogP contribution < -0.4 is 0 Å². The van der Waals surface area contributed by atoms with E-state index in [1.165, 1.54) is 231 Å². The Balaban J connectivity index is 4.36. The first-order chi connectivity index (χ1) is 34.0. The zero-order valence-electron chi connectivity index (χ0n) is 46.3. The van der Waals surface area contributed by atoms with Gasteiger partial charge in [-0.1, -0.05) is 250 Å². The third-order valence-electron chi connectivity index (χ3n) is 13.6. The third kappa shape index (κ3) is 56.4. The van der Waals surface area contributed by atoms with Crippen molar-refractivity contribution in [1.29, 1.82) is 0 Å². The largest absolute Gasteiger partial charge is 0.462 e. The number of allylic oxidation sites excluding steroid dienone is 6. The minimum absolute atomic E-state index is 0.0750. The van der Waals surface area contributed by atoms with Crippen LogP contribution >= 0.6 is 0 Å². The van der Waals surface area contributed by atoms with Crippen LogP contribution in [0.2, 0.25) is 0 Å². The van der Waals surface area contributed by atoms with Crippen LogP contribution in [0.15, 0.2) is 36.5 Å². The van der Waals surface area contributed by atoms with Gasteiger partial charge in [0.25, 0.3) is 0 Å². The molecule has 0 unspecified atom stereocenters. The Hall–Kier alpha value is -2.37. The number of unbranched alkanes of at least 4 members (excludes halogenated alkanes) is 39. The molecule has 6 nitrogen and oxygen atoms in total. The molecule has 0 rings (SSSR count). The molecule has 0 aromatic rings. The highest BCUT2D eigenvalue weighted by Gasteiger charge is 2.19. The fourth-order valence-corrected chi connectivity index (χ4v) is 8.96. The molecule has 0 heterocycles. The Bertz CT molecular complexity index is 1100. The van der Waals surface area contributed by atoms with Gasteiger partial charge in [-0.3, -0.25) is 14.4 Å². The molecule has 0 spiro atoms. The molecule has 0 N–H and O–H groups in total. The maximum absolute atomic E-state index is 12.9. The smallest absolute Gasteiger partial charge is 0.306 e. The highest BCUT2D eigenvalue weighted by molar-refractivity contribution is 5.71. The van der Waals surface area contributed by atoms with Crippen LogP contribution in [0.3, 0.4) is 0 Å². The molecule has 69 heavy (non-hydrogen) atoms. The van der Waals surface area contributed by atoms with Crippen molar-refractivity contribution in [3.8, 4) is 0 Å². The zero-order valence-corrected chi connectivity index (χ0v) is 46.3. The van der Waals surface area contributed by atoms with Gasteiger partial charge >= 0.3 is 17.9 Å². The summed E-state index contributed by atoms with van der Waals surface area (Å²) in [6, 6.07) is 0. The summed E-state index contributed by atoms with van der Waals surface area (Å²) < 4.78 is 16.9. The summed E-state index contributed by atoms with van der Waals surface area (Å²) in [6.07, 6.45) is 69.9. The summed E-state index contributed by atoms with van der Waals surface area (Å²) in [5, 5.41) is 0. The minimum atomic E-state index is -0.777. The molecule has 0 bridgehead atoms. The Morgan fingerprint density at radius 2 is 0.478 bits per heavy atom. The average Bonchev–Trinajstić information content (AvgIpc) is 3.35. The summed E-state index contributed by atoms with van der Waals surface area (Å²) in [6.45, 7) is 6.66. The van der Waals surface area contributed by atoms with Gasteiger partial charge in [-0.2, -0.15) is 0 Å². The molecule has 0 saturated carbocycles. The van der Waals surface area contributed by atoms with E-state index in [1.807, 2.05) is 0 Å². The van der Waals surface area contributed by atoms with Crippen molar-refractivity contribution in [3.05, 3.63) is 36.5 Å². The quantitative estimate of drug-likeness (QED) is 0.0261. The molecule has 0 aliphatic heterocycles. The second-order valence-electron chi connectivity index (χ2n) is 20.6. The van der Waals surface area contributed by atoms with Crippen LogP contribution in [0, 0.1) is 0 Å². The zero-order chi connectivity index (χ0) is 50.0. The highest BCUT2D eigenvalue weighted by Crippen LogP contribution is 2.16. The Kier molecular flexibility index (Phi) is 56.2. The molecule has 0 saturated heterocycles. The highest BCUT2D eigenvalue weighted by atomic mass is 16.6. The Morgan fingerprint density at radius 1 is 0.275 bits per heavy atom. The van der Waals surface area contributed by atoms with E-state index < -0.39 is 6.10 Å². The molecule has 0 aliphatic carbocycles. The van der Waals surface area contributed by atoms with Crippen LogP contribution in [0.1, 0.15) is 329 Å². The van der Waals surface area contributed by atoms with Gasteiger partial charge in [0.15, 0.2) is 6.10 Å². The molecule has 0 atom stereocenters. The first-order valence-corrected chi connectivity index (χ1v) is 30.5. The van der Waals surface area contributed by atoms with Crippen molar-refractivity contribution in [2.24, 2.45) is 0 Å². The molecule has 0 aromatic carbocycles. The van der Waals surface area contributed by atoms with Gasteiger partial charge in [0.1, 0.15) is 13.2 Å². The van der Waals surface area contributed by atoms with E-state index in [9.17, 15) is 14.4 Å². The number of rotatable bonds is 56. The first kappa shape index (κ1) is 66.6. The number of hydrogen-bond donors (Lipinski definition) is 0. The summed E-state index contributed by atoms with van der Waals surface area (Å²) in [4.78, 5) is 38.2.